The van der Waals surface area contributed by atoms with Crippen molar-refractivity contribution in [3.8, 4) is 0 Å². The quantitative estimate of drug-likeness (QED) is 0.766. The number of hydrogen-bond donors (Lipinski definition) is 1. The molecule has 104 valence electrons. The minimum atomic E-state index is -0.791. The standard InChI is InChI=1S/C13H24N2O3/c1-3-4-5-8-14(2)13(18)15-9-6-7-11(10-15)12(16)17/h11H,3-10H2,1-2H3,(H,16,17). The second kappa shape index (κ2) is 7.24. The molecule has 0 aliphatic carbocycles. The first-order valence-electron chi connectivity index (χ1n) is 6.79. The maximum atomic E-state index is 12.1. The molecule has 1 saturated heterocycles. The molecule has 0 aromatic heterocycles. The first-order valence-corrected chi connectivity index (χ1v) is 6.79. The van der Waals surface area contributed by atoms with E-state index in [0.29, 0.717) is 19.5 Å². The van der Waals surface area contributed by atoms with Crippen LogP contribution in [0.15, 0.2) is 0 Å². The Morgan fingerprint density at radius 1 is 1.39 bits per heavy atom. The Morgan fingerprint density at radius 2 is 2.11 bits per heavy atom. The van der Waals surface area contributed by atoms with Gasteiger partial charge in [-0.05, 0) is 19.3 Å². The third-order valence-corrected chi connectivity index (χ3v) is 3.46. The SMILES string of the molecule is CCCCCN(C)C(=O)N1CCCC(C(=O)O)C1. The molecule has 1 atom stereocenters. The third-order valence-electron chi connectivity index (χ3n) is 3.46. The highest BCUT2D eigenvalue weighted by Crippen LogP contribution is 2.17. The van der Waals surface area contributed by atoms with Crippen LogP contribution >= 0.6 is 0 Å². The number of piperidine rings is 1. The van der Waals surface area contributed by atoms with Crippen molar-refractivity contribution in [2.75, 3.05) is 26.7 Å². The zero-order chi connectivity index (χ0) is 13.5. The maximum absolute atomic E-state index is 12.1. The van der Waals surface area contributed by atoms with Crippen LogP contribution < -0.4 is 0 Å². The molecule has 1 aliphatic rings. The van der Waals surface area contributed by atoms with Gasteiger partial charge in [0, 0.05) is 26.7 Å². The number of likely N-dealkylation sites (tertiary alicyclic amines) is 1. The van der Waals surface area contributed by atoms with E-state index in [-0.39, 0.29) is 6.03 Å². The number of carbonyl (C=O) groups is 2. The van der Waals surface area contributed by atoms with Crippen LogP contribution in [0.2, 0.25) is 0 Å². The molecule has 0 spiro atoms. The van der Waals surface area contributed by atoms with Gasteiger partial charge in [-0.1, -0.05) is 19.8 Å². The highest BCUT2D eigenvalue weighted by Gasteiger charge is 2.29. The van der Waals surface area contributed by atoms with Gasteiger partial charge >= 0.3 is 12.0 Å². The number of hydrogen-bond acceptors (Lipinski definition) is 2. The zero-order valence-corrected chi connectivity index (χ0v) is 11.4. The van der Waals surface area contributed by atoms with Gasteiger partial charge in [0.25, 0.3) is 0 Å². The van der Waals surface area contributed by atoms with E-state index < -0.39 is 11.9 Å². The molecule has 18 heavy (non-hydrogen) atoms. The minimum Gasteiger partial charge on any atom is -0.481 e. The normalized spacial score (nSPS) is 19.7. The average Bonchev–Trinajstić information content (AvgIpc) is 2.38. The lowest BCUT2D eigenvalue weighted by Gasteiger charge is -2.33. The molecule has 0 aromatic rings. The van der Waals surface area contributed by atoms with E-state index in [1.54, 1.807) is 16.8 Å². The van der Waals surface area contributed by atoms with Crippen molar-refractivity contribution in [3.05, 3.63) is 0 Å². The van der Waals surface area contributed by atoms with Crippen molar-refractivity contribution in [2.45, 2.75) is 39.0 Å². The van der Waals surface area contributed by atoms with Crippen molar-refractivity contribution < 1.29 is 14.7 Å². The van der Waals surface area contributed by atoms with Gasteiger partial charge < -0.3 is 14.9 Å². The summed E-state index contributed by atoms with van der Waals surface area (Å²) in [6, 6.07) is -0.0305. The molecular weight excluding hydrogens is 232 g/mol. The molecule has 1 aliphatic heterocycles. The van der Waals surface area contributed by atoms with Crippen LogP contribution in [0.25, 0.3) is 0 Å². The number of carbonyl (C=O) groups excluding carboxylic acids is 1. The molecular formula is C13H24N2O3. The summed E-state index contributed by atoms with van der Waals surface area (Å²) in [7, 11) is 1.79. The molecule has 1 rings (SSSR count). The van der Waals surface area contributed by atoms with Gasteiger partial charge in [0.05, 0.1) is 5.92 Å². The van der Waals surface area contributed by atoms with Gasteiger partial charge in [-0.25, -0.2) is 4.79 Å². The number of urea groups is 1. The van der Waals surface area contributed by atoms with Gasteiger partial charge in [-0.15, -0.1) is 0 Å². The van der Waals surface area contributed by atoms with Gasteiger partial charge in [-0.2, -0.15) is 0 Å². The van der Waals surface area contributed by atoms with Crippen LogP contribution in [0.4, 0.5) is 4.79 Å². The van der Waals surface area contributed by atoms with E-state index in [4.69, 9.17) is 5.11 Å². The molecule has 5 nitrogen and oxygen atoms in total. The van der Waals surface area contributed by atoms with Crippen molar-refractivity contribution in [1.29, 1.82) is 0 Å². The Morgan fingerprint density at radius 3 is 2.72 bits per heavy atom. The maximum Gasteiger partial charge on any atom is 0.319 e. The molecule has 1 unspecified atom stereocenters. The number of carboxylic acid groups (broad SMARTS) is 1. The van der Waals surface area contributed by atoms with Crippen LogP contribution in [0.1, 0.15) is 39.0 Å². The molecule has 1 heterocycles. The van der Waals surface area contributed by atoms with Crippen molar-refractivity contribution >= 4 is 12.0 Å². The number of carboxylic acids is 1. The molecule has 0 bridgehead atoms. The van der Waals surface area contributed by atoms with E-state index in [1.165, 1.54) is 0 Å². The Kier molecular flexibility index (Phi) is 5.95. The summed E-state index contributed by atoms with van der Waals surface area (Å²) in [4.78, 5) is 26.5. The molecule has 0 radical (unpaired) electrons. The molecule has 0 aromatic carbocycles. The Labute approximate surface area is 109 Å². The van der Waals surface area contributed by atoms with E-state index in [1.807, 2.05) is 0 Å². The Balaban J connectivity index is 2.42. The lowest BCUT2D eigenvalue weighted by atomic mass is 9.99. The summed E-state index contributed by atoms with van der Waals surface area (Å²) in [6.07, 6.45) is 4.72. The fourth-order valence-electron chi connectivity index (χ4n) is 2.29. The van der Waals surface area contributed by atoms with Crippen molar-refractivity contribution in [1.82, 2.24) is 9.80 Å². The van der Waals surface area contributed by atoms with E-state index in [2.05, 4.69) is 6.92 Å². The summed E-state index contributed by atoms with van der Waals surface area (Å²) in [5, 5.41) is 9.00. The monoisotopic (exact) mass is 256 g/mol. The first-order chi connectivity index (χ1) is 8.56. The largest absolute Gasteiger partial charge is 0.481 e. The summed E-state index contributed by atoms with van der Waals surface area (Å²) in [5.41, 5.74) is 0. The molecule has 1 fully saturated rings. The Bertz CT molecular complexity index is 294. The highest BCUT2D eigenvalue weighted by atomic mass is 16.4. The second-order valence-electron chi connectivity index (χ2n) is 5.03. The number of nitrogens with zero attached hydrogens (tertiary/aromatic N) is 2. The van der Waals surface area contributed by atoms with Crippen LogP contribution in [-0.2, 0) is 4.79 Å². The fraction of sp³-hybridized carbons (Fsp3) is 0.846. The van der Waals surface area contributed by atoms with Crippen LogP contribution in [0.5, 0.6) is 0 Å². The lowest BCUT2D eigenvalue weighted by Crippen LogP contribution is -2.47. The third kappa shape index (κ3) is 4.20. The average molecular weight is 256 g/mol. The van der Waals surface area contributed by atoms with E-state index in [0.717, 1.165) is 32.2 Å². The number of amides is 2. The Hall–Kier alpha value is -1.26. The molecule has 1 N–H and O–H groups in total. The predicted octanol–water partition coefficient (Wildman–Crippen LogP) is 2.03. The first kappa shape index (κ1) is 14.8. The molecule has 2 amide bonds. The second-order valence-corrected chi connectivity index (χ2v) is 5.03. The van der Waals surface area contributed by atoms with Crippen molar-refractivity contribution in [3.63, 3.8) is 0 Å². The van der Waals surface area contributed by atoms with Crippen LogP contribution in [-0.4, -0.2) is 53.6 Å². The van der Waals surface area contributed by atoms with Gasteiger partial charge in [0.2, 0.25) is 0 Å². The van der Waals surface area contributed by atoms with Crippen LogP contribution in [0.3, 0.4) is 0 Å². The predicted molar refractivity (Wildman–Crippen MR) is 69.5 cm³/mol. The fourth-order valence-corrected chi connectivity index (χ4v) is 2.29. The van der Waals surface area contributed by atoms with Crippen molar-refractivity contribution in [2.24, 2.45) is 5.92 Å². The van der Waals surface area contributed by atoms with Gasteiger partial charge in [0.15, 0.2) is 0 Å². The van der Waals surface area contributed by atoms with Crippen LogP contribution in [0, 0.1) is 5.92 Å². The number of aliphatic carboxylic acids is 1. The summed E-state index contributed by atoms with van der Waals surface area (Å²) in [6.45, 7) is 3.91. The summed E-state index contributed by atoms with van der Waals surface area (Å²) in [5.74, 6) is -1.19. The number of rotatable bonds is 5. The van der Waals surface area contributed by atoms with Gasteiger partial charge in [0.1, 0.15) is 0 Å². The van der Waals surface area contributed by atoms with E-state index >= 15 is 0 Å². The van der Waals surface area contributed by atoms with Gasteiger partial charge in [-0.3, -0.25) is 4.79 Å². The molecule has 0 saturated carbocycles. The summed E-state index contributed by atoms with van der Waals surface area (Å²) >= 11 is 0. The minimum absolute atomic E-state index is 0.0305. The zero-order valence-electron chi connectivity index (χ0n) is 11.4. The topological polar surface area (TPSA) is 60.9 Å². The summed E-state index contributed by atoms with van der Waals surface area (Å²) < 4.78 is 0. The van der Waals surface area contributed by atoms with E-state index in [9.17, 15) is 9.59 Å². The highest BCUT2D eigenvalue weighted by molar-refractivity contribution is 5.76. The number of unbranched alkanes of at least 4 members (excludes halogenated alkanes) is 2. The smallest absolute Gasteiger partial charge is 0.319 e. The lowest BCUT2D eigenvalue weighted by molar-refractivity contribution is -0.143. The molecule has 5 heteroatoms.